The van der Waals surface area contributed by atoms with Crippen LogP contribution in [-0.2, 0) is 37.8 Å². The first-order chi connectivity index (χ1) is 20.3. The van der Waals surface area contributed by atoms with E-state index in [9.17, 15) is 10.1 Å². The minimum atomic E-state index is -5.14. The number of nitrogens with zero attached hydrogens (tertiary/aromatic N) is 3. The lowest BCUT2D eigenvalue weighted by atomic mass is 9.84. The third-order valence-electron chi connectivity index (χ3n) is 7.36. The summed E-state index contributed by atoms with van der Waals surface area (Å²) in [5, 5.41) is 12.8. The predicted octanol–water partition coefficient (Wildman–Crippen LogP) is 5.89. The van der Waals surface area contributed by atoms with Crippen molar-refractivity contribution in [2.75, 3.05) is 38.8 Å². The van der Waals surface area contributed by atoms with Gasteiger partial charge in [-0.05, 0) is 61.7 Å². The van der Waals surface area contributed by atoms with E-state index in [1.807, 2.05) is 6.07 Å². The van der Waals surface area contributed by atoms with Crippen molar-refractivity contribution in [3.8, 4) is 11.8 Å². The summed E-state index contributed by atoms with van der Waals surface area (Å²) in [6, 6.07) is 8.78. The second kappa shape index (κ2) is 12.6. The molecule has 0 radical (unpaired) electrons. The maximum absolute atomic E-state index is 16.0. The van der Waals surface area contributed by atoms with Crippen LogP contribution in [0.4, 0.5) is 18.9 Å². The minimum Gasteiger partial charge on any atom is -0.496 e. The molecule has 3 aromatic rings. The smallest absolute Gasteiger partial charge is 0.429 e. The number of esters is 1. The maximum atomic E-state index is 16.0. The number of ether oxygens (including phenoxy) is 4. The predicted molar refractivity (Wildman–Crippen MR) is 158 cm³/mol. The van der Waals surface area contributed by atoms with E-state index in [0.717, 1.165) is 6.04 Å². The van der Waals surface area contributed by atoms with Crippen LogP contribution in [0.1, 0.15) is 35.0 Å². The van der Waals surface area contributed by atoms with Gasteiger partial charge in [0, 0.05) is 32.5 Å². The van der Waals surface area contributed by atoms with Gasteiger partial charge < -0.3 is 28.8 Å². The number of halogens is 3. The van der Waals surface area contributed by atoms with Gasteiger partial charge in [0.15, 0.2) is 5.82 Å². The minimum absolute atomic E-state index is 0.0330. The van der Waals surface area contributed by atoms with Gasteiger partial charge in [0.1, 0.15) is 19.1 Å². The normalized spacial score (nSPS) is 14.6. The quantitative estimate of drug-likeness (QED) is 0.152. The van der Waals surface area contributed by atoms with E-state index < -0.39 is 38.3 Å². The Kier molecular flexibility index (Phi) is 9.44. The molecule has 0 fully saturated rings. The Labute approximate surface area is 249 Å². The van der Waals surface area contributed by atoms with Crippen molar-refractivity contribution in [3.63, 3.8) is 0 Å². The Morgan fingerprint density at radius 1 is 1.23 bits per heavy atom. The summed E-state index contributed by atoms with van der Waals surface area (Å²) in [7, 11) is -0.223. The summed E-state index contributed by atoms with van der Waals surface area (Å²) < 4.78 is 71.5. The number of fused-ring (bicyclic) bond motifs is 2. The molecule has 0 saturated heterocycles. The van der Waals surface area contributed by atoms with Gasteiger partial charge in [-0.25, -0.2) is 9.78 Å². The van der Waals surface area contributed by atoms with Crippen molar-refractivity contribution in [1.82, 2.24) is 9.55 Å². The van der Waals surface area contributed by atoms with Gasteiger partial charge in [0.05, 0.1) is 36.4 Å². The van der Waals surface area contributed by atoms with Crippen molar-refractivity contribution >= 4 is 30.8 Å². The van der Waals surface area contributed by atoms with Gasteiger partial charge in [-0.2, -0.15) is 18.4 Å². The highest BCUT2D eigenvalue weighted by molar-refractivity contribution is 6.76. The van der Waals surface area contributed by atoms with Crippen LogP contribution in [0, 0.1) is 18.3 Å². The number of methoxy groups -OCH3 is 1. The summed E-state index contributed by atoms with van der Waals surface area (Å²) in [6.07, 6.45) is -4.89. The zero-order valence-corrected chi connectivity index (χ0v) is 26.3. The number of benzene rings is 2. The number of anilines is 1. The van der Waals surface area contributed by atoms with Crippen LogP contribution >= 0.6 is 0 Å². The van der Waals surface area contributed by atoms with Gasteiger partial charge >= 0.3 is 12.1 Å². The van der Waals surface area contributed by atoms with Crippen molar-refractivity contribution in [2.24, 2.45) is 0 Å². The third-order valence-corrected chi connectivity index (χ3v) is 9.06. The molecule has 4 rings (SSSR count). The lowest BCUT2D eigenvalue weighted by Gasteiger charge is -2.37. The van der Waals surface area contributed by atoms with Gasteiger partial charge in [0.2, 0.25) is 0 Å². The molecule has 1 aliphatic heterocycles. The molecule has 1 aromatic heterocycles. The SMILES string of the molecule is CCOC(=O)COC(c1c(OC)cc(C)c2c1CCN2)(c1nc2ccc(C#N)cc2n1COCC[Si](C)(C)C)C(F)(F)F. The molecule has 2 aromatic carbocycles. The summed E-state index contributed by atoms with van der Waals surface area (Å²) in [5.41, 5.74) is -1.26. The Morgan fingerprint density at radius 3 is 2.60 bits per heavy atom. The fraction of sp³-hybridized carbons (Fsp3) is 0.500. The number of nitrogens with one attached hydrogen (secondary N) is 1. The first kappa shape index (κ1) is 32.3. The van der Waals surface area contributed by atoms with Crippen molar-refractivity contribution < 1.29 is 36.9 Å². The number of hydrogen-bond acceptors (Lipinski definition) is 8. The van der Waals surface area contributed by atoms with Crippen LogP contribution in [0.5, 0.6) is 5.75 Å². The largest absolute Gasteiger partial charge is 0.496 e. The maximum Gasteiger partial charge on any atom is 0.429 e. The average Bonchev–Trinajstić information content (AvgIpc) is 3.56. The average molecular weight is 619 g/mol. The molecule has 1 aliphatic rings. The van der Waals surface area contributed by atoms with E-state index in [1.54, 1.807) is 13.8 Å². The molecule has 9 nitrogen and oxygen atoms in total. The molecule has 1 unspecified atom stereocenters. The molecule has 232 valence electrons. The Balaban J connectivity index is 2.06. The van der Waals surface area contributed by atoms with Crippen LogP contribution in [0.2, 0.25) is 25.7 Å². The van der Waals surface area contributed by atoms with Gasteiger partial charge in [-0.3, -0.25) is 0 Å². The molecular formula is C30H37F3N4O5Si. The topological polar surface area (TPSA) is 108 Å². The standard InChI is InChI=1S/C30H37F3N4O5Si/c1-7-41-25(38)17-42-29(30(31,32)33,26-21-10-11-35-27(21)19(2)14-24(26)39-3)28-36-22-9-8-20(16-34)15-23(22)37(28)18-40-12-13-43(4,5)6/h8-9,14-15,35H,7,10-13,17-18H2,1-6H3. The zero-order valence-electron chi connectivity index (χ0n) is 25.3. The van der Waals surface area contributed by atoms with E-state index in [4.69, 9.17) is 18.9 Å². The van der Waals surface area contributed by atoms with Gasteiger partial charge in [-0.1, -0.05) is 19.6 Å². The van der Waals surface area contributed by atoms with Gasteiger partial charge in [-0.15, -0.1) is 0 Å². The fourth-order valence-corrected chi connectivity index (χ4v) is 6.06. The highest BCUT2D eigenvalue weighted by Crippen LogP contribution is 2.54. The molecule has 0 bridgehead atoms. The van der Waals surface area contributed by atoms with E-state index in [2.05, 4.69) is 29.9 Å². The molecule has 43 heavy (non-hydrogen) atoms. The van der Waals surface area contributed by atoms with E-state index in [1.165, 1.54) is 35.9 Å². The highest BCUT2D eigenvalue weighted by atomic mass is 28.3. The van der Waals surface area contributed by atoms with Crippen LogP contribution < -0.4 is 10.1 Å². The zero-order chi connectivity index (χ0) is 31.6. The molecular weight excluding hydrogens is 581 g/mol. The van der Waals surface area contributed by atoms with Crippen molar-refractivity contribution in [1.29, 1.82) is 5.26 Å². The number of nitriles is 1. The van der Waals surface area contributed by atoms with Gasteiger partial charge in [0.25, 0.3) is 5.60 Å². The first-order valence-electron chi connectivity index (χ1n) is 14.1. The van der Waals surface area contributed by atoms with Crippen LogP contribution in [0.3, 0.4) is 0 Å². The number of imidazole rings is 1. The number of hydrogen-bond donors (Lipinski definition) is 1. The molecule has 2 heterocycles. The first-order valence-corrected chi connectivity index (χ1v) is 17.8. The molecule has 0 spiro atoms. The summed E-state index contributed by atoms with van der Waals surface area (Å²) in [4.78, 5) is 17.0. The molecule has 0 saturated carbocycles. The Bertz CT molecular complexity index is 1540. The second-order valence-electron chi connectivity index (χ2n) is 11.6. The summed E-state index contributed by atoms with van der Waals surface area (Å²) in [5.74, 6) is -1.56. The van der Waals surface area contributed by atoms with Crippen molar-refractivity contribution in [3.05, 3.63) is 52.3 Å². The van der Waals surface area contributed by atoms with E-state index >= 15 is 13.2 Å². The molecule has 0 aliphatic carbocycles. The number of carbonyl (C=O) groups is 1. The lowest BCUT2D eigenvalue weighted by Crippen LogP contribution is -2.50. The third kappa shape index (κ3) is 6.36. The summed E-state index contributed by atoms with van der Waals surface area (Å²) in [6.45, 7) is 9.25. The number of carbonyl (C=O) groups excluding carboxylic acids is 1. The molecule has 13 heteroatoms. The molecule has 0 amide bonds. The van der Waals surface area contributed by atoms with Crippen LogP contribution in [0.15, 0.2) is 24.3 Å². The second-order valence-corrected chi connectivity index (χ2v) is 17.2. The number of aromatic nitrogens is 2. The van der Waals surface area contributed by atoms with E-state index in [0.29, 0.717) is 30.0 Å². The monoisotopic (exact) mass is 618 g/mol. The Morgan fingerprint density at radius 2 is 1.98 bits per heavy atom. The molecule has 1 atom stereocenters. The number of aryl methyl sites for hydroxylation is 1. The molecule has 1 N–H and O–H groups in total. The lowest BCUT2D eigenvalue weighted by molar-refractivity contribution is -0.271. The van der Waals surface area contributed by atoms with Crippen molar-refractivity contribution in [2.45, 2.75) is 64.5 Å². The van der Waals surface area contributed by atoms with Crippen LogP contribution in [-0.4, -0.2) is 63.2 Å². The highest BCUT2D eigenvalue weighted by Gasteiger charge is 2.64. The number of rotatable bonds is 12. The van der Waals surface area contributed by atoms with Crippen LogP contribution in [0.25, 0.3) is 11.0 Å². The number of alkyl halides is 3. The Hall–Kier alpha value is -3.60. The summed E-state index contributed by atoms with van der Waals surface area (Å²) >= 11 is 0. The van der Waals surface area contributed by atoms with E-state index in [-0.39, 0.29) is 47.7 Å². The fourth-order valence-electron chi connectivity index (χ4n) is 5.30.